The zero-order valence-corrected chi connectivity index (χ0v) is 21.1. The van der Waals surface area contributed by atoms with Gasteiger partial charge in [0.1, 0.15) is 11.5 Å². The van der Waals surface area contributed by atoms with E-state index in [2.05, 4.69) is 24.5 Å². The number of hydrogen-bond acceptors (Lipinski definition) is 5. The molecule has 2 aliphatic carbocycles. The molecule has 1 heterocycles. The highest BCUT2D eigenvalue weighted by atomic mass is 16.5. The molecular weight excluding hydrogens is 444 g/mol. The zero-order chi connectivity index (χ0) is 25.2. The van der Waals surface area contributed by atoms with Crippen LogP contribution in [0.4, 0.5) is 0 Å². The highest BCUT2D eigenvalue weighted by molar-refractivity contribution is 5.94. The number of methoxy groups -OCH3 is 1. The van der Waals surface area contributed by atoms with Crippen molar-refractivity contribution >= 4 is 11.8 Å². The van der Waals surface area contributed by atoms with Gasteiger partial charge in [0.25, 0.3) is 5.91 Å². The molecule has 2 aliphatic rings. The Hall–Kier alpha value is -2.80. The summed E-state index contributed by atoms with van der Waals surface area (Å²) in [7, 11) is 1.60. The first-order chi connectivity index (χ1) is 16.7. The SMILES string of the molecule is COc1ccc(C(=O)N[C@H]2CC[C@@]3(C)CC[C@H]([C@H](C)C(=O)NCc4ccco4)[C@H](O)[C@H]3[C@H]2C)cc1. The predicted octanol–water partition coefficient (Wildman–Crippen LogP) is 4.16. The molecule has 0 aliphatic heterocycles. The molecule has 1 aromatic heterocycles. The third kappa shape index (κ3) is 5.25. The van der Waals surface area contributed by atoms with Gasteiger partial charge in [0, 0.05) is 17.5 Å². The fraction of sp³-hybridized carbons (Fsp3) is 0.571. The van der Waals surface area contributed by atoms with Crippen LogP contribution >= 0.6 is 0 Å². The molecule has 1 aromatic carbocycles. The summed E-state index contributed by atoms with van der Waals surface area (Å²) in [6, 6.07) is 10.7. The number of aliphatic hydroxyl groups is 1. The van der Waals surface area contributed by atoms with Crippen molar-refractivity contribution in [3.8, 4) is 5.75 Å². The van der Waals surface area contributed by atoms with E-state index in [4.69, 9.17) is 9.15 Å². The van der Waals surface area contributed by atoms with Gasteiger partial charge < -0.3 is 24.9 Å². The van der Waals surface area contributed by atoms with Crippen molar-refractivity contribution < 1.29 is 23.8 Å². The fourth-order valence-corrected chi connectivity index (χ4v) is 6.43. The summed E-state index contributed by atoms with van der Waals surface area (Å²) in [5.74, 6) is 0.904. The summed E-state index contributed by atoms with van der Waals surface area (Å²) in [6.07, 6.45) is 4.60. The summed E-state index contributed by atoms with van der Waals surface area (Å²) in [6.45, 7) is 6.64. The highest BCUT2D eigenvalue weighted by Crippen LogP contribution is 2.55. The van der Waals surface area contributed by atoms with Crippen molar-refractivity contribution in [3.63, 3.8) is 0 Å². The molecular formula is C28H38N2O5. The van der Waals surface area contributed by atoms with E-state index in [1.807, 2.05) is 13.0 Å². The number of hydrogen-bond donors (Lipinski definition) is 3. The van der Waals surface area contributed by atoms with Crippen LogP contribution in [0.1, 0.15) is 62.6 Å². The van der Waals surface area contributed by atoms with Gasteiger partial charge in [-0.3, -0.25) is 9.59 Å². The van der Waals surface area contributed by atoms with Crippen molar-refractivity contribution in [3.05, 3.63) is 54.0 Å². The molecule has 7 heteroatoms. The molecule has 2 fully saturated rings. The number of aliphatic hydroxyl groups excluding tert-OH is 1. The van der Waals surface area contributed by atoms with Crippen molar-refractivity contribution in [2.24, 2.45) is 29.1 Å². The molecule has 0 saturated heterocycles. The predicted molar refractivity (Wildman–Crippen MR) is 133 cm³/mol. The summed E-state index contributed by atoms with van der Waals surface area (Å²) < 4.78 is 10.5. The van der Waals surface area contributed by atoms with E-state index in [0.29, 0.717) is 23.6 Å². The Morgan fingerprint density at radius 2 is 1.91 bits per heavy atom. The first kappa shape index (κ1) is 25.3. The van der Waals surface area contributed by atoms with Gasteiger partial charge in [-0.25, -0.2) is 0 Å². The van der Waals surface area contributed by atoms with Crippen molar-refractivity contribution in [1.29, 1.82) is 0 Å². The average Bonchev–Trinajstić information content (AvgIpc) is 3.38. The summed E-state index contributed by atoms with van der Waals surface area (Å²) in [5.41, 5.74) is 0.594. The van der Waals surface area contributed by atoms with E-state index in [1.165, 1.54) is 0 Å². The van der Waals surface area contributed by atoms with E-state index in [9.17, 15) is 14.7 Å². The molecule has 35 heavy (non-hydrogen) atoms. The van der Waals surface area contributed by atoms with Crippen LogP contribution < -0.4 is 15.4 Å². The number of benzene rings is 1. The van der Waals surface area contributed by atoms with Gasteiger partial charge in [-0.15, -0.1) is 0 Å². The molecule has 7 atom stereocenters. The lowest BCUT2D eigenvalue weighted by atomic mass is 9.51. The normalized spacial score (nSPS) is 31.2. The minimum absolute atomic E-state index is 0.00103. The second-order valence-electron chi connectivity index (χ2n) is 10.7. The van der Waals surface area contributed by atoms with E-state index in [1.54, 1.807) is 43.7 Å². The Morgan fingerprint density at radius 1 is 1.20 bits per heavy atom. The number of carbonyl (C=O) groups excluding carboxylic acids is 2. The van der Waals surface area contributed by atoms with Crippen molar-refractivity contribution in [2.75, 3.05) is 7.11 Å². The lowest BCUT2D eigenvalue weighted by molar-refractivity contribution is -0.142. The van der Waals surface area contributed by atoms with Crippen LogP contribution in [0, 0.1) is 29.1 Å². The molecule has 2 aromatic rings. The molecule has 0 bridgehead atoms. The zero-order valence-electron chi connectivity index (χ0n) is 21.1. The molecule has 2 saturated carbocycles. The van der Waals surface area contributed by atoms with Crippen molar-refractivity contribution in [1.82, 2.24) is 10.6 Å². The Morgan fingerprint density at radius 3 is 2.57 bits per heavy atom. The molecule has 190 valence electrons. The second-order valence-corrected chi connectivity index (χ2v) is 10.7. The van der Waals surface area contributed by atoms with E-state index >= 15 is 0 Å². The number of furan rings is 1. The number of nitrogens with one attached hydrogen (secondary N) is 2. The molecule has 2 amide bonds. The van der Waals surface area contributed by atoms with Crippen LogP contribution in [0.25, 0.3) is 0 Å². The molecule has 7 nitrogen and oxygen atoms in total. The summed E-state index contributed by atoms with van der Waals surface area (Å²) >= 11 is 0. The summed E-state index contributed by atoms with van der Waals surface area (Å²) in [5, 5.41) is 17.7. The van der Waals surface area contributed by atoms with Crippen LogP contribution in [-0.2, 0) is 11.3 Å². The van der Waals surface area contributed by atoms with Crippen LogP contribution in [0.2, 0.25) is 0 Å². The quantitative estimate of drug-likeness (QED) is 0.550. The molecule has 4 rings (SSSR count). The van der Waals surface area contributed by atoms with Crippen molar-refractivity contribution in [2.45, 2.75) is 65.1 Å². The topological polar surface area (TPSA) is 101 Å². The first-order valence-electron chi connectivity index (χ1n) is 12.7. The van der Waals surface area contributed by atoms with Gasteiger partial charge in [-0.1, -0.05) is 20.8 Å². The monoisotopic (exact) mass is 482 g/mol. The van der Waals surface area contributed by atoms with Gasteiger partial charge in [-0.05, 0) is 85.3 Å². The largest absolute Gasteiger partial charge is 0.497 e. The Labute approximate surface area is 207 Å². The van der Waals surface area contributed by atoms with Gasteiger partial charge in [0.2, 0.25) is 5.91 Å². The smallest absolute Gasteiger partial charge is 0.251 e. The molecule has 0 spiro atoms. The average molecular weight is 483 g/mol. The number of amides is 2. The minimum atomic E-state index is -0.603. The Kier molecular flexibility index (Phi) is 7.55. The number of fused-ring (bicyclic) bond motifs is 1. The number of rotatable bonds is 7. The number of ether oxygens (including phenoxy) is 1. The maximum Gasteiger partial charge on any atom is 0.251 e. The van der Waals surface area contributed by atoms with E-state index in [0.717, 1.165) is 25.7 Å². The van der Waals surface area contributed by atoms with Gasteiger partial charge in [0.05, 0.1) is 26.0 Å². The number of carbonyl (C=O) groups is 2. The van der Waals surface area contributed by atoms with E-state index in [-0.39, 0.29) is 46.9 Å². The third-order valence-electron chi connectivity index (χ3n) is 8.63. The van der Waals surface area contributed by atoms with Crippen LogP contribution in [-0.4, -0.2) is 36.2 Å². The Balaban J connectivity index is 1.42. The van der Waals surface area contributed by atoms with Gasteiger partial charge >= 0.3 is 0 Å². The lowest BCUT2D eigenvalue weighted by Crippen LogP contribution is -2.58. The molecule has 0 radical (unpaired) electrons. The standard InChI is InChI=1S/C28H38N2O5/c1-17(26(32)29-16-21-6-5-15-35-21)22-11-13-28(3)14-12-23(18(2)24(28)25(22)31)30-27(33)19-7-9-20(34-4)10-8-19/h5-10,15,17-18,22-25,31H,11-14,16H2,1-4H3,(H,29,32)(H,30,33)/t17-,18-,22+,23-,24+,25-,28+/m0/s1. The second kappa shape index (κ2) is 10.4. The van der Waals surface area contributed by atoms with Crippen LogP contribution in [0.3, 0.4) is 0 Å². The molecule has 0 unspecified atom stereocenters. The van der Waals surface area contributed by atoms with Gasteiger partial charge in [0.15, 0.2) is 0 Å². The lowest BCUT2D eigenvalue weighted by Gasteiger charge is -2.56. The third-order valence-corrected chi connectivity index (χ3v) is 8.63. The maximum absolute atomic E-state index is 12.9. The first-order valence-corrected chi connectivity index (χ1v) is 12.7. The Bertz CT molecular complexity index is 1000. The van der Waals surface area contributed by atoms with Crippen LogP contribution in [0.5, 0.6) is 5.75 Å². The van der Waals surface area contributed by atoms with Crippen LogP contribution in [0.15, 0.2) is 47.1 Å². The van der Waals surface area contributed by atoms with E-state index < -0.39 is 6.10 Å². The van der Waals surface area contributed by atoms with Gasteiger partial charge in [-0.2, -0.15) is 0 Å². The summed E-state index contributed by atoms with van der Waals surface area (Å²) in [4.78, 5) is 25.8. The fourth-order valence-electron chi connectivity index (χ4n) is 6.43. The molecule has 3 N–H and O–H groups in total. The maximum atomic E-state index is 12.9. The highest BCUT2D eigenvalue weighted by Gasteiger charge is 2.53. The minimum Gasteiger partial charge on any atom is -0.497 e.